The van der Waals surface area contributed by atoms with E-state index in [0.717, 1.165) is 11.8 Å². The second kappa shape index (κ2) is 7.43. The van der Waals surface area contributed by atoms with E-state index in [1.54, 1.807) is 12.1 Å². The van der Waals surface area contributed by atoms with Crippen LogP contribution in [-0.4, -0.2) is 45.7 Å². The van der Waals surface area contributed by atoms with Crippen molar-refractivity contribution in [3.8, 4) is 0 Å². The molecule has 1 heterocycles. The summed E-state index contributed by atoms with van der Waals surface area (Å²) in [4.78, 5) is 23.9. The van der Waals surface area contributed by atoms with Gasteiger partial charge in [0.2, 0.25) is 10.0 Å². The van der Waals surface area contributed by atoms with Gasteiger partial charge in [0.15, 0.2) is 6.61 Å². The number of benzene rings is 1. The fourth-order valence-electron chi connectivity index (χ4n) is 2.52. The van der Waals surface area contributed by atoms with E-state index in [1.807, 2.05) is 20.8 Å². The van der Waals surface area contributed by atoms with Gasteiger partial charge in [-0.25, -0.2) is 13.2 Å². The molecule has 25 heavy (non-hydrogen) atoms. The standard InChI is InChI=1S/C17H24N2O5S/c1-11(2)12(3)18-16(20)10-24-17(21)14-5-6-15-13(9-14)7-8-19(15)25(4,22)23/h5-6,9,11-12H,7-8,10H2,1-4H3,(H,18,20)/t12-/m0/s1. The van der Waals surface area contributed by atoms with Gasteiger partial charge in [0.1, 0.15) is 0 Å². The van der Waals surface area contributed by atoms with Crippen molar-refractivity contribution in [1.82, 2.24) is 5.32 Å². The van der Waals surface area contributed by atoms with Crippen LogP contribution in [0.4, 0.5) is 5.69 Å². The first-order valence-corrected chi connectivity index (χ1v) is 10.0. The number of hydrogen-bond acceptors (Lipinski definition) is 5. The third kappa shape index (κ3) is 4.72. The third-order valence-electron chi connectivity index (χ3n) is 4.29. The lowest BCUT2D eigenvalue weighted by Gasteiger charge is -2.17. The van der Waals surface area contributed by atoms with Gasteiger partial charge in [0.25, 0.3) is 5.91 Å². The number of nitrogens with zero attached hydrogens (tertiary/aromatic N) is 1. The average molecular weight is 368 g/mol. The first kappa shape index (κ1) is 19.2. The van der Waals surface area contributed by atoms with Gasteiger partial charge in [-0.15, -0.1) is 0 Å². The molecule has 1 aromatic carbocycles. The Morgan fingerprint density at radius 3 is 2.56 bits per heavy atom. The zero-order chi connectivity index (χ0) is 18.8. The second-order valence-corrected chi connectivity index (χ2v) is 8.51. The van der Waals surface area contributed by atoms with Crippen molar-refractivity contribution in [2.75, 3.05) is 23.7 Å². The van der Waals surface area contributed by atoms with Crippen LogP contribution in [0.2, 0.25) is 0 Å². The van der Waals surface area contributed by atoms with Crippen LogP contribution in [0.3, 0.4) is 0 Å². The molecule has 0 fully saturated rings. The molecular formula is C17H24N2O5S. The molecule has 8 heteroatoms. The lowest BCUT2D eigenvalue weighted by molar-refractivity contribution is -0.125. The molecule has 7 nitrogen and oxygen atoms in total. The predicted molar refractivity (Wildman–Crippen MR) is 95.1 cm³/mol. The molecule has 2 rings (SSSR count). The summed E-state index contributed by atoms with van der Waals surface area (Å²) >= 11 is 0. The van der Waals surface area contributed by atoms with Gasteiger partial charge >= 0.3 is 5.97 Å². The highest BCUT2D eigenvalue weighted by Crippen LogP contribution is 2.30. The number of anilines is 1. The normalized spacial score (nSPS) is 15.0. The van der Waals surface area contributed by atoms with Crippen molar-refractivity contribution in [2.24, 2.45) is 5.92 Å². The first-order chi connectivity index (χ1) is 11.6. The Hall–Kier alpha value is -2.09. The van der Waals surface area contributed by atoms with E-state index in [4.69, 9.17) is 4.74 Å². The van der Waals surface area contributed by atoms with Crippen LogP contribution in [-0.2, 0) is 26.0 Å². The quantitative estimate of drug-likeness (QED) is 0.765. The minimum absolute atomic E-state index is 0.00632. The van der Waals surface area contributed by atoms with Crippen molar-refractivity contribution < 1.29 is 22.7 Å². The molecule has 1 amide bonds. The average Bonchev–Trinajstić information content (AvgIpc) is 2.95. The SMILES string of the molecule is CC(C)[C@H](C)NC(=O)COC(=O)c1ccc2c(c1)CCN2S(C)(=O)=O. The fraction of sp³-hybridized carbons (Fsp3) is 0.529. The van der Waals surface area contributed by atoms with Crippen LogP contribution in [0, 0.1) is 5.92 Å². The van der Waals surface area contributed by atoms with Gasteiger partial charge in [-0.1, -0.05) is 13.8 Å². The summed E-state index contributed by atoms with van der Waals surface area (Å²) in [5.74, 6) is -0.666. The summed E-state index contributed by atoms with van der Waals surface area (Å²) in [5.41, 5.74) is 1.67. The van der Waals surface area contributed by atoms with Gasteiger partial charge < -0.3 is 10.1 Å². The Morgan fingerprint density at radius 1 is 1.28 bits per heavy atom. The van der Waals surface area contributed by atoms with Gasteiger partial charge in [-0.3, -0.25) is 9.10 Å². The minimum Gasteiger partial charge on any atom is -0.452 e. The lowest BCUT2D eigenvalue weighted by Crippen LogP contribution is -2.38. The number of esters is 1. The summed E-state index contributed by atoms with van der Waals surface area (Å²) in [5, 5.41) is 2.76. The molecule has 0 unspecified atom stereocenters. The molecule has 0 aliphatic carbocycles. The maximum absolute atomic E-state index is 12.1. The number of ether oxygens (including phenoxy) is 1. The molecule has 138 valence electrons. The van der Waals surface area contributed by atoms with Crippen LogP contribution in [0.5, 0.6) is 0 Å². The van der Waals surface area contributed by atoms with Crippen molar-refractivity contribution in [3.63, 3.8) is 0 Å². The van der Waals surface area contributed by atoms with Crippen LogP contribution in [0.1, 0.15) is 36.7 Å². The molecule has 0 spiro atoms. The van der Waals surface area contributed by atoms with E-state index in [2.05, 4.69) is 5.32 Å². The Labute approximate surface area is 148 Å². The van der Waals surface area contributed by atoms with Crippen molar-refractivity contribution in [3.05, 3.63) is 29.3 Å². The number of sulfonamides is 1. The van der Waals surface area contributed by atoms with E-state index >= 15 is 0 Å². The third-order valence-corrected chi connectivity index (χ3v) is 5.47. The predicted octanol–water partition coefficient (Wildman–Crippen LogP) is 1.33. The molecule has 1 atom stereocenters. The first-order valence-electron chi connectivity index (χ1n) is 8.16. The van der Waals surface area contributed by atoms with Crippen LogP contribution >= 0.6 is 0 Å². The number of rotatable bonds is 6. The molecule has 1 aliphatic rings. The Bertz CT molecular complexity index is 773. The highest BCUT2D eigenvalue weighted by Gasteiger charge is 2.27. The monoisotopic (exact) mass is 368 g/mol. The van der Waals surface area contributed by atoms with Gasteiger partial charge in [-0.2, -0.15) is 0 Å². The minimum atomic E-state index is -3.32. The summed E-state index contributed by atoms with van der Waals surface area (Å²) in [6.07, 6.45) is 1.69. The molecule has 1 aliphatic heterocycles. The van der Waals surface area contributed by atoms with E-state index in [9.17, 15) is 18.0 Å². The maximum Gasteiger partial charge on any atom is 0.338 e. The number of amides is 1. The van der Waals surface area contributed by atoms with Crippen LogP contribution in [0.15, 0.2) is 18.2 Å². The molecule has 0 radical (unpaired) electrons. The van der Waals surface area contributed by atoms with Crippen LogP contribution in [0.25, 0.3) is 0 Å². The highest BCUT2D eigenvalue weighted by atomic mass is 32.2. The zero-order valence-corrected chi connectivity index (χ0v) is 15.7. The highest BCUT2D eigenvalue weighted by molar-refractivity contribution is 7.92. The lowest BCUT2D eigenvalue weighted by atomic mass is 10.1. The smallest absolute Gasteiger partial charge is 0.338 e. The van der Waals surface area contributed by atoms with Gasteiger partial charge in [-0.05, 0) is 43.0 Å². The maximum atomic E-state index is 12.1. The molecule has 0 aromatic heterocycles. The Kier molecular flexibility index (Phi) is 5.72. The summed E-state index contributed by atoms with van der Waals surface area (Å²) < 4.78 is 29.8. The van der Waals surface area contributed by atoms with Crippen molar-refractivity contribution in [1.29, 1.82) is 0 Å². The van der Waals surface area contributed by atoms with E-state index in [1.165, 1.54) is 10.4 Å². The molecule has 0 bridgehead atoms. The number of hydrogen-bond donors (Lipinski definition) is 1. The molecule has 1 N–H and O–H groups in total. The largest absolute Gasteiger partial charge is 0.452 e. The van der Waals surface area contributed by atoms with Gasteiger partial charge in [0.05, 0.1) is 17.5 Å². The summed E-state index contributed by atoms with van der Waals surface area (Å²) in [6.45, 7) is 5.88. The zero-order valence-electron chi connectivity index (χ0n) is 14.9. The second-order valence-electron chi connectivity index (χ2n) is 6.60. The molecule has 0 saturated heterocycles. The number of carbonyl (C=O) groups excluding carboxylic acids is 2. The number of carbonyl (C=O) groups is 2. The van der Waals surface area contributed by atoms with E-state index in [0.29, 0.717) is 24.2 Å². The molecule has 1 aromatic rings. The number of fused-ring (bicyclic) bond motifs is 1. The summed E-state index contributed by atoms with van der Waals surface area (Å²) in [6, 6.07) is 4.73. The molecule has 0 saturated carbocycles. The Morgan fingerprint density at radius 2 is 1.96 bits per heavy atom. The number of nitrogens with one attached hydrogen (secondary N) is 1. The van der Waals surface area contributed by atoms with Crippen molar-refractivity contribution >= 4 is 27.6 Å². The topological polar surface area (TPSA) is 92.8 Å². The van der Waals surface area contributed by atoms with E-state index < -0.39 is 16.0 Å². The van der Waals surface area contributed by atoms with Gasteiger partial charge in [0, 0.05) is 12.6 Å². The van der Waals surface area contributed by atoms with Crippen molar-refractivity contribution in [2.45, 2.75) is 33.2 Å². The van der Waals surface area contributed by atoms with E-state index in [-0.39, 0.29) is 24.5 Å². The Balaban J connectivity index is 1.99. The fourth-order valence-corrected chi connectivity index (χ4v) is 3.48. The summed E-state index contributed by atoms with van der Waals surface area (Å²) in [7, 11) is -3.32. The van der Waals surface area contributed by atoms with Crippen LogP contribution < -0.4 is 9.62 Å². The molecular weight excluding hydrogens is 344 g/mol.